The van der Waals surface area contributed by atoms with Gasteiger partial charge in [-0.15, -0.1) is 24.0 Å². The largest absolute Gasteiger partial charge is 0.396 e. The van der Waals surface area contributed by atoms with Crippen molar-refractivity contribution in [2.75, 3.05) is 33.4 Å². The molecule has 2 aromatic carbocycles. The molecule has 1 heterocycles. The van der Waals surface area contributed by atoms with Crippen LogP contribution >= 0.6 is 24.0 Å². The number of guanidine groups is 1. The monoisotopic (exact) mass is 539 g/mol. The molecule has 0 bridgehead atoms. The van der Waals surface area contributed by atoms with Crippen molar-refractivity contribution >= 4 is 29.9 Å². The van der Waals surface area contributed by atoms with Crippen LogP contribution in [0.25, 0.3) is 0 Å². The molecule has 1 aliphatic heterocycles. The number of aliphatic hydroxyl groups is 1. The molecule has 1 fully saturated rings. The van der Waals surface area contributed by atoms with Gasteiger partial charge in [0.25, 0.3) is 0 Å². The molecule has 3 rings (SSSR count). The minimum Gasteiger partial charge on any atom is -0.396 e. The zero-order valence-corrected chi connectivity index (χ0v) is 20.5. The standard InChI is InChI=1S/C24H33N3O3.HI/c1-25-23(27-18-24(11-13-28)12-14-29-19-24)26-15-20-7-9-22(10-8-20)17-30-16-21-5-3-2-4-6-21;/h2-10,28H,11-19H2,1H3,(H2,25,26,27);1H. The molecule has 7 heteroatoms. The number of rotatable bonds is 10. The Kier molecular flexibility index (Phi) is 11.3. The number of hydrogen-bond acceptors (Lipinski definition) is 4. The molecule has 2 aromatic rings. The van der Waals surface area contributed by atoms with E-state index in [1.807, 2.05) is 18.2 Å². The molecule has 1 atom stereocenters. The molecule has 6 nitrogen and oxygen atoms in total. The zero-order valence-electron chi connectivity index (χ0n) is 18.2. The number of nitrogens with zero attached hydrogens (tertiary/aromatic N) is 1. The molecular weight excluding hydrogens is 505 g/mol. The highest BCUT2D eigenvalue weighted by molar-refractivity contribution is 14.0. The molecule has 0 aliphatic carbocycles. The van der Waals surface area contributed by atoms with Gasteiger partial charge in [0.1, 0.15) is 0 Å². The van der Waals surface area contributed by atoms with E-state index in [4.69, 9.17) is 9.47 Å². The molecule has 3 N–H and O–H groups in total. The summed E-state index contributed by atoms with van der Waals surface area (Å²) in [5, 5.41) is 16.1. The van der Waals surface area contributed by atoms with E-state index >= 15 is 0 Å². The van der Waals surface area contributed by atoms with E-state index in [1.165, 1.54) is 11.1 Å². The Morgan fingerprint density at radius 3 is 2.32 bits per heavy atom. The minimum absolute atomic E-state index is 0. The minimum atomic E-state index is -0.00618. The summed E-state index contributed by atoms with van der Waals surface area (Å²) in [7, 11) is 1.77. The lowest BCUT2D eigenvalue weighted by Crippen LogP contribution is -2.44. The molecule has 31 heavy (non-hydrogen) atoms. The lowest BCUT2D eigenvalue weighted by molar-refractivity contribution is 0.107. The maximum absolute atomic E-state index is 9.36. The van der Waals surface area contributed by atoms with Crippen LogP contribution in [-0.4, -0.2) is 44.5 Å². The van der Waals surface area contributed by atoms with Gasteiger partial charge in [-0.25, -0.2) is 0 Å². The Morgan fingerprint density at radius 2 is 1.71 bits per heavy atom. The highest BCUT2D eigenvalue weighted by Gasteiger charge is 2.34. The van der Waals surface area contributed by atoms with Crippen LogP contribution < -0.4 is 10.6 Å². The summed E-state index contributed by atoms with van der Waals surface area (Å²) in [4.78, 5) is 4.31. The summed E-state index contributed by atoms with van der Waals surface area (Å²) in [6.07, 6.45) is 1.70. The van der Waals surface area contributed by atoms with Gasteiger partial charge in [0.2, 0.25) is 0 Å². The summed E-state index contributed by atoms with van der Waals surface area (Å²) >= 11 is 0. The van der Waals surface area contributed by atoms with Crippen LogP contribution in [0.4, 0.5) is 0 Å². The number of nitrogens with one attached hydrogen (secondary N) is 2. The molecule has 170 valence electrons. The van der Waals surface area contributed by atoms with Crippen molar-refractivity contribution in [2.45, 2.75) is 32.6 Å². The molecule has 1 saturated heterocycles. The Bertz CT molecular complexity index is 778. The SMILES string of the molecule is CN=C(NCc1ccc(COCc2ccccc2)cc1)NCC1(CCO)CCOC1.I. The van der Waals surface area contributed by atoms with Gasteiger partial charge in [0.15, 0.2) is 5.96 Å². The molecule has 0 aromatic heterocycles. The van der Waals surface area contributed by atoms with Crippen molar-refractivity contribution in [1.29, 1.82) is 0 Å². The fraction of sp³-hybridized carbons (Fsp3) is 0.458. The predicted octanol–water partition coefficient (Wildman–Crippen LogP) is 3.48. The maximum Gasteiger partial charge on any atom is 0.191 e. The van der Waals surface area contributed by atoms with Crippen molar-refractivity contribution in [1.82, 2.24) is 10.6 Å². The first-order valence-electron chi connectivity index (χ1n) is 10.6. The Balaban J connectivity index is 0.00000341. The van der Waals surface area contributed by atoms with Gasteiger partial charge in [0, 0.05) is 38.8 Å². The van der Waals surface area contributed by atoms with Gasteiger partial charge in [0.05, 0.1) is 19.8 Å². The summed E-state index contributed by atoms with van der Waals surface area (Å²) < 4.78 is 11.3. The quantitative estimate of drug-likeness (QED) is 0.245. The highest BCUT2D eigenvalue weighted by atomic mass is 127. The molecule has 0 saturated carbocycles. The van der Waals surface area contributed by atoms with Crippen molar-refractivity contribution in [3.63, 3.8) is 0 Å². The molecular formula is C24H34IN3O3. The van der Waals surface area contributed by atoms with E-state index in [0.29, 0.717) is 26.4 Å². The van der Waals surface area contributed by atoms with E-state index < -0.39 is 0 Å². The molecule has 0 amide bonds. The number of hydrogen-bond donors (Lipinski definition) is 3. The van der Waals surface area contributed by atoms with Gasteiger partial charge in [-0.3, -0.25) is 4.99 Å². The first-order chi connectivity index (χ1) is 14.7. The third kappa shape index (κ3) is 8.40. The van der Waals surface area contributed by atoms with Crippen LogP contribution in [0.2, 0.25) is 0 Å². The van der Waals surface area contributed by atoms with Crippen molar-refractivity contribution in [3.8, 4) is 0 Å². The van der Waals surface area contributed by atoms with E-state index in [1.54, 1.807) is 7.05 Å². The summed E-state index contributed by atoms with van der Waals surface area (Å²) in [5.74, 6) is 0.759. The smallest absolute Gasteiger partial charge is 0.191 e. The lowest BCUT2D eigenvalue weighted by atomic mass is 9.84. The lowest BCUT2D eigenvalue weighted by Gasteiger charge is -2.27. The second kappa shape index (κ2) is 13.7. The van der Waals surface area contributed by atoms with Gasteiger partial charge in [-0.05, 0) is 29.5 Å². The van der Waals surface area contributed by atoms with E-state index in [9.17, 15) is 5.11 Å². The summed E-state index contributed by atoms with van der Waals surface area (Å²) in [6, 6.07) is 18.6. The average molecular weight is 539 g/mol. The normalized spacial score (nSPS) is 18.5. The van der Waals surface area contributed by atoms with Crippen LogP contribution in [-0.2, 0) is 29.2 Å². The summed E-state index contributed by atoms with van der Waals surface area (Å²) in [5.41, 5.74) is 3.51. The molecule has 0 radical (unpaired) electrons. The number of ether oxygens (including phenoxy) is 2. The molecule has 1 unspecified atom stereocenters. The number of aliphatic imine (C=N–C) groups is 1. The van der Waals surface area contributed by atoms with Crippen LogP contribution in [0.15, 0.2) is 59.6 Å². The van der Waals surface area contributed by atoms with Gasteiger partial charge < -0.3 is 25.2 Å². The highest BCUT2D eigenvalue weighted by Crippen LogP contribution is 2.31. The third-order valence-electron chi connectivity index (χ3n) is 5.54. The van der Waals surface area contributed by atoms with Crippen LogP contribution in [0.1, 0.15) is 29.5 Å². The Morgan fingerprint density at radius 1 is 1.03 bits per heavy atom. The van der Waals surface area contributed by atoms with Gasteiger partial charge >= 0.3 is 0 Å². The number of halogens is 1. The summed E-state index contributed by atoms with van der Waals surface area (Å²) in [6.45, 7) is 4.27. The van der Waals surface area contributed by atoms with Gasteiger partial charge in [-0.1, -0.05) is 54.6 Å². The topological polar surface area (TPSA) is 75.1 Å². The Labute approximate surface area is 202 Å². The molecule has 0 spiro atoms. The second-order valence-corrected chi connectivity index (χ2v) is 7.85. The third-order valence-corrected chi connectivity index (χ3v) is 5.54. The van der Waals surface area contributed by atoms with Crippen LogP contribution in [0.3, 0.4) is 0 Å². The zero-order chi connectivity index (χ0) is 21.1. The van der Waals surface area contributed by atoms with Crippen LogP contribution in [0.5, 0.6) is 0 Å². The van der Waals surface area contributed by atoms with E-state index in [0.717, 1.165) is 37.5 Å². The second-order valence-electron chi connectivity index (χ2n) is 7.85. The predicted molar refractivity (Wildman–Crippen MR) is 135 cm³/mol. The van der Waals surface area contributed by atoms with Crippen molar-refractivity contribution in [3.05, 3.63) is 71.3 Å². The molecule has 1 aliphatic rings. The number of benzene rings is 2. The van der Waals surface area contributed by atoms with E-state index in [-0.39, 0.29) is 36.0 Å². The maximum atomic E-state index is 9.36. The van der Waals surface area contributed by atoms with Crippen LogP contribution in [0, 0.1) is 5.41 Å². The first-order valence-corrected chi connectivity index (χ1v) is 10.6. The van der Waals surface area contributed by atoms with E-state index in [2.05, 4.69) is 52.0 Å². The fourth-order valence-electron chi connectivity index (χ4n) is 3.60. The van der Waals surface area contributed by atoms with Crippen molar-refractivity contribution in [2.24, 2.45) is 10.4 Å². The van der Waals surface area contributed by atoms with Gasteiger partial charge in [-0.2, -0.15) is 0 Å². The fourth-order valence-corrected chi connectivity index (χ4v) is 3.60. The number of aliphatic hydroxyl groups excluding tert-OH is 1. The van der Waals surface area contributed by atoms with Crippen molar-refractivity contribution < 1.29 is 14.6 Å². The average Bonchev–Trinajstić information content (AvgIpc) is 3.24. The Hall–Kier alpha value is -1.68. The first kappa shape index (κ1) is 25.6.